The SMILES string of the molecule is COc1ccc(C(=O)NCc2ccccn2)cc1S(=O)(=O)N1CCOCC1. The van der Waals surface area contributed by atoms with Gasteiger partial charge in [0.25, 0.3) is 5.91 Å². The first kappa shape index (κ1) is 19.3. The highest BCUT2D eigenvalue weighted by Crippen LogP contribution is 2.28. The molecule has 3 rings (SSSR count). The van der Waals surface area contributed by atoms with Gasteiger partial charge < -0.3 is 14.8 Å². The van der Waals surface area contributed by atoms with Crippen LogP contribution < -0.4 is 10.1 Å². The van der Waals surface area contributed by atoms with Crippen LogP contribution in [0.2, 0.25) is 0 Å². The van der Waals surface area contributed by atoms with E-state index in [9.17, 15) is 13.2 Å². The molecular weight excluding hydrogens is 370 g/mol. The lowest BCUT2D eigenvalue weighted by molar-refractivity contribution is 0.0729. The molecule has 1 aromatic heterocycles. The maximum atomic E-state index is 13.0. The lowest BCUT2D eigenvalue weighted by Gasteiger charge is -2.26. The fourth-order valence-corrected chi connectivity index (χ4v) is 4.31. The van der Waals surface area contributed by atoms with E-state index in [0.29, 0.717) is 18.9 Å². The van der Waals surface area contributed by atoms with Crippen LogP contribution in [-0.2, 0) is 21.3 Å². The number of hydrogen-bond acceptors (Lipinski definition) is 6. The minimum absolute atomic E-state index is 0.0302. The van der Waals surface area contributed by atoms with Gasteiger partial charge in [0.15, 0.2) is 0 Å². The van der Waals surface area contributed by atoms with E-state index in [1.165, 1.54) is 29.6 Å². The summed E-state index contributed by atoms with van der Waals surface area (Å²) in [7, 11) is -2.39. The van der Waals surface area contributed by atoms with Crippen molar-refractivity contribution in [2.24, 2.45) is 0 Å². The van der Waals surface area contributed by atoms with Crippen molar-refractivity contribution in [3.63, 3.8) is 0 Å². The van der Waals surface area contributed by atoms with E-state index in [1.807, 2.05) is 6.07 Å². The molecule has 0 saturated carbocycles. The normalized spacial score (nSPS) is 15.3. The molecule has 27 heavy (non-hydrogen) atoms. The van der Waals surface area contributed by atoms with Crippen molar-refractivity contribution in [2.45, 2.75) is 11.4 Å². The summed E-state index contributed by atoms with van der Waals surface area (Å²) < 4.78 is 37.7. The van der Waals surface area contributed by atoms with Crippen LogP contribution in [0.3, 0.4) is 0 Å². The molecule has 1 amide bonds. The quantitative estimate of drug-likeness (QED) is 0.790. The minimum Gasteiger partial charge on any atom is -0.495 e. The van der Waals surface area contributed by atoms with Crippen molar-refractivity contribution in [3.8, 4) is 5.75 Å². The Morgan fingerprint density at radius 2 is 2.04 bits per heavy atom. The molecular formula is C18H21N3O5S. The molecule has 0 atom stereocenters. The van der Waals surface area contributed by atoms with Gasteiger partial charge in [0.2, 0.25) is 10.0 Å². The van der Waals surface area contributed by atoms with Crippen LogP contribution in [0.25, 0.3) is 0 Å². The molecule has 0 radical (unpaired) electrons. The van der Waals surface area contributed by atoms with Crippen molar-refractivity contribution in [2.75, 3.05) is 33.4 Å². The van der Waals surface area contributed by atoms with Gasteiger partial charge in [-0.3, -0.25) is 9.78 Å². The number of amides is 1. The van der Waals surface area contributed by atoms with Crippen LogP contribution in [0, 0.1) is 0 Å². The summed E-state index contributed by atoms with van der Waals surface area (Å²) in [5, 5.41) is 2.74. The average Bonchev–Trinajstić information content (AvgIpc) is 2.73. The number of methoxy groups -OCH3 is 1. The van der Waals surface area contributed by atoms with E-state index < -0.39 is 10.0 Å². The maximum Gasteiger partial charge on any atom is 0.251 e. The number of ether oxygens (including phenoxy) is 2. The van der Waals surface area contributed by atoms with Gasteiger partial charge in [0.05, 0.1) is 32.6 Å². The summed E-state index contributed by atoms with van der Waals surface area (Å²) in [6, 6.07) is 9.78. The van der Waals surface area contributed by atoms with Gasteiger partial charge >= 0.3 is 0 Å². The van der Waals surface area contributed by atoms with E-state index in [1.54, 1.807) is 18.3 Å². The molecule has 1 aliphatic rings. The summed E-state index contributed by atoms with van der Waals surface area (Å²) >= 11 is 0. The zero-order valence-electron chi connectivity index (χ0n) is 14.9. The minimum atomic E-state index is -3.79. The first-order valence-electron chi connectivity index (χ1n) is 8.46. The summed E-state index contributed by atoms with van der Waals surface area (Å²) in [6.07, 6.45) is 1.64. The number of benzene rings is 1. The Morgan fingerprint density at radius 3 is 2.70 bits per heavy atom. The Hall–Kier alpha value is -2.49. The Morgan fingerprint density at radius 1 is 1.26 bits per heavy atom. The van der Waals surface area contributed by atoms with Crippen LogP contribution in [0.15, 0.2) is 47.5 Å². The molecule has 2 heterocycles. The van der Waals surface area contributed by atoms with Crippen LogP contribution in [0.4, 0.5) is 0 Å². The van der Waals surface area contributed by atoms with Gasteiger partial charge in [0.1, 0.15) is 10.6 Å². The van der Waals surface area contributed by atoms with Crippen LogP contribution in [0.1, 0.15) is 16.1 Å². The zero-order chi connectivity index (χ0) is 19.3. The molecule has 0 unspecified atom stereocenters. The van der Waals surface area contributed by atoms with Gasteiger partial charge in [-0.2, -0.15) is 4.31 Å². The van der Waals surface area contributed by atoms with Gasteiger partial charge in [-0.1, -0.05) is 6.07 Å². The first-order chi connectivity index (χ1) is 13.0. The number of nitrogens with one attached hydrogen (secondary N) is 1. The summed E-state index contributed by atoms with van der Waals surface area (Å²) in [6.45, 7) is 1.46. The molecule has 0 aliphatic carbocycles. The Balaban J connectivity index is 1.83. The molecule has 1 aromatic carbocycles. The fraction of sp³-hybridized carbons (Fsp3) is 0.333. The predicted octanol–water partition coefficient (Wildman–Crippen LogP) is 1.04. The van der Waals surface area contributed by atoms with E-state index in [-0.39, 0.29) is 41.7 Å². The highest BCUT2D eigenvalue weighted by molar-refractivity contribution is 7.89. The molecule has 0 bridgehead atoms. The highest BCUT2D eigenvalue weighted by atomic mass is 32.2. The van der Waals surface area contributed by atoms with Gasteiger partial charge in [-0.15, -0.1) is 0 Å². The number of morpholine rings is 1. The second kappa shape index (κ2) is 8.47. The van der Waals surface area contributed by atoms with Gasteiger partial charge in [-0.25, -0.2) is 8.42 Å². The van der Waals surface area contributed by atoms with Crippen molar-refractivity contribution in [1.29, 1.82) is 0 Å². The van der Waals surface area contributed by atoms with Crippen molar-refractivity contribution in [1.82, 2.24) is 14.6 Å². The molecule has 1 fully saturated rings. The molecule has 1 aliphatic heterocycles. The van der Waals surface area contributed by atoms with Crippen molar-refractivity contribution >= 4 is 15.9 Å². The molecule has 1 saturated heterocycles. The average molecular weight is 391 g/mol. The number of nitrogens with zero attached hydrogens (tertiary/aromatic N) is 2. The van der Waals surface area contributed by atoms with Crippen molar-refractivity contribution < 1.29 is 22.7 Å². The highest BCUT2D eigenvalue weighted by Gasteiger charge is 2.30. The number of carbonyl (C=O) groups excluding carboxylic acids is 1. The molecule has 144 valence electrons. The number of rotatable bonds is 6. The maximum absolute atomic E-state index is 13.0. The third-order valence-electron chi connectivity index (χ3n) is 4.17. The Bertz CT molecular complexity index is 896. The van der Waals surface area contributed by atoms with E-state index in [2.05, 4.69) is 10.3 Å². The Kier molecular flexibility index (Phi) is 6.04. The molecule has 1 N–H and O–H groups in total. The topological polar surface area (TPSA) is 97.8 Å². The van der Waals surface area contributed by atoms with Crippen molar-refractivity contribution in [3.05, 3.63) is 53.9 Å². The molecule has 9 heteroatoms. The standard InChI is InChI=1S/C18H21N3O5S/c1-25-16-6-5-14(18(22)20-13-15-4-2-3-7-19-15)12-17(16)27(23,24)21-8-10-26-11-9-21/h2-7,12H,8-11,13H2,1H3,(H,20,22). The fourth-order valence-electron chi connectivity index (χ4n) is 2.72. The van der Waals surface area contributed by atoms with E-state index in [0.717, 1.165) is 0 Å². The molecule has 0 spiro atoms. The number of sulfonamides is 1. The smallest absolute Gasteiger partial charge is 0.251 e. The van der Waals surface area contributed by atoms with Gasteiger partial charge in [0, 0.05) is 24.8 Å². The van der Waals surface area contributed by atoms with Gasteiger partial charge in [-0.05, 0) is 30.3 Å². The first-order valence-corrected chi connectivity index (χ1v) is 9.90. The van der Waals surface area contributed by atoms with Crippen LogP contribution in [-0.4, -0.2) is 57.0 Å². The van der Waals surface area contributed by atoms with E-state index >= 15 is 0 Å². The molecule has 8 nitrogen and oxygen atoms in total. The van der Waals surface area contributed by atoms with Crippen LogP contribution in [0.5, 0.6) is 5.75 Å². The number of pyridine rings is 1. The number of hydrogen-bond donors (Lipinski definition) is 1. The monoisotopic (exact) mass is 391 g/mol. The third kappa shape index (κ3) is 4.44. The summed E-state index contributed by atoms with van der Waals surface area (Å²) in [5.41, 5.74) is 0.944. The Labute approximate surface area is 158 Å². The summed E-state index contributed by atoms with van der Waals surface area (Å²) in [5.74, 6) is -0.190. The third-order valence-corrected chi connectivity index (χ3v) is 6.09. The second-order valence-corrected chi connectivity index (χ2v) is 7.79. The predicted molar refractivity (Wildman–Crippen MR) is 98.0 cm³/mol. The number of carbonyl (C=O) groups is 1. The lowest BCUT2D eigenvalue weighted by atomic mass is 10.2. The molecule has 2 aromatic rings. The van der Waals surface area contributed by atoms with Crippen LogP contribution >= 0.6 is 0 Å². The lowest BCUT2D eigenvalue weighted by Crippen LogP contribution is -2.40. The second-order valence-electron chi connectivity index (χ2n) is 5.89. The zero-order valence-corrected chi connectivity index (χ0v) is 15.7. The number of aromatic nitrogens is 1. The van der Waals surface area contributed by atoms with E-state index in [4.69, 9.17) is 9.47 Å². The largest absolute Gasteiger partial charge is 0.495 e. The summed E-state index contributed by atoms with van der Waals surface area (Å²) in [4.78, 5) is 16.6.